The van der Waals surface area contributed by atoms with Crippen LogP contribution >= 0.6 is 0 Å². The number of piperidine rings is 1. The van der Waals surface area contributed by atoms with Crippen molar-refractivity contribution in [2.45, 2.75) is 49.5 Å². The first-order valence-corrected chi connectivity index (χ1v) is 11.5. The molecule has 0 radical (unpaired) electrons. The van der Waals surface area contributed by atoms with Crippen LogP contribution in [0.15, 0.2) is 53.4 Å². The number of hydrogen-bond acceptors (Lipinski definition) is 3. The van der Waals surface area contributed by atoms with Gasteiger partial charge in [0.05, 0.1) is 10.9 Å². The lowest BCUT2D eigenvalue weighted by atomic mass is 9.87. The van der Waals surface area contributed by atoms with Crippen molar-refractivity contribution in [2.24, 2.45) is 0 Å². The highest BCUT2D eigenvalue weighted by Crippen LogP contribution is 2.29. The lowest BCUT2D eigenvalue weighted by Crippen LogP contribution is -2.35. The molecule has 0 aromatic heterocycles. The number of carbonyl (C=O) groups excluding carboxylic acids is 1. The third-order valence-electron chi connectivity index (χ3n) is 5.74. The van der Waals surface area contributed by atoms with Crippen molar-refractivity contribution in [3.05, 3.63) is 65.2 Å². The monoisotopic (exact) mass is 398 g/mol. The summed E-state index contributed by atoms with van der Waals surface area (Å²) in [5.41, 5.74) is 2.97. The Bertz CT molecular complexity index is 948. The van der Waals surface area contributed by atoms with Crippen LogP contribution in [0.1, 0.15) is 59.6 Å². The van der Waals surface area contributed by atoms with Crippen LogP contribution in [0.5, 0.6) is 0 Å². The van der Waals surface area contributed by atoms with Crippen LogP contribution in [0.2, 0.25) is 0 Å². The van der Waals surface area contributed by atoms with Crippen LogP contribution in [0.4, 0.5) is 0 Å². The van der Waals surface area contributed by atoms with Gasteiger partial charge in [-0.25, -0.2) is 8.42 Å². The molecule has 6 heteroatoms. The summed E-state index contributed by atoms with van der Waals surface area (Å²) in [7, 11) is -3.47. The maximum atomic E-state index is 12.7. The summed E-state index contributed by atoms with van der Waals surface area (Å²) in [6.07, 6.45) is 5.91. The van der Waals surface area contributed by atoms with Gasteiger partial charge in [0, 0.05) is 18.7 Å². The van der Waals surface area contributed by atoms with Gasteiger partial charge in [0.25, 0.3) is 5.91 Å². The van der Waals surface area contributed by atoms with E-state index in [2.05, 4.69) is 17.4 Å². The predicted molar refractivity (Wildman–Crippen MR) is 109 cm³/mol. The van der Waals surface area contributed by atoms with Gasteiger partial charge < -0.3 is 5.32 Å². The third-order valence-corrected chi connectivity index (χ3v) is 7.66. The van der Waals surface area contributed by atoms with Crippen LogP contribution < -0.4 is 5.32 Å². The Morgan fingerprint density at radius 3 is 2.39 bits per heavy atom. The molecule has 1 aliphatic heterocycles. The van der Waals surface area contributed by atoms with Crippen molar-refractivity contribution in [3.63, 3.8) is 0 Å². The van der Waals surface area contributed by atoms with Gasteiger partial charge in [-0.3, -0.25) is 4.79 Å². The fourth-order valence-corrected chi connectivity index (χ4v) is 5.70. The Labute approximate surface area is 166 Å². The third kappa shape index (κ3) is 3.84. The van der Waals surface area contributed by atoms with E-state index in [0.717, 1.165) is 38.5 Å². The minimum Gasteiger partial charge on any atom is -0.345 e. The summed E-state index contributed by atoms with van der Waals surface area (Å²) >= 11 is 0. The fraction of sp³-hybridized carbons (Fsp3) is 0.409. The molecule has 5 nitrogen and oxygen atoms in total. The van der Waals surface area contributed by atoms with E-state index in [1.54, 1.807) is 28.6 Å². The normalized spacial score (nSPS) is 20.4. The van der Waals surface area contributed by atoms with Crippen LogP contribution in [0, 0.1) is 0 Å². The number of sulfonamides is 1. The van der Waals surface area contributed by atoms with E-state index in [4.69, 9.17) is 0 Å². The average Bonchev–Trinajstić information content (AvgIpc) is 2.75. The molecular weight excluding hydrogens is 372 g/mol. The first-order chi connectivity index (χ1) is 13.6. The minimum absolute atomic E-state index is 0.00853. The highest BCUT2D eigenvalue weighted by molar-refractivity contribution is 7.89. The molecule has 1 atom stereocenters. The molecule has 1 aliphatic carbocycles. The SMILES string of the molecule is O=C(N[C@@H]1CCCc2ccccc21)c1ccc(S(=O)(=O)N2CCCCC2)cc1. The van der Waals surface area contributed by atoms with Crippen LogP contribution in [0.25, 0.3) is 0 Å². The number of rotatable bonds is 4. The zero-order valence-electron chi connectivity index (χ0n) is 15.9. The maximum Gasteiger partial charge on any atom is 0.251 e. The second-order valence-electron chi connectivity index (χ2n) is 7.61. The fourth-order valence-electron chi connectivity index (χ4n) is 4.18. The molecule has 148 valence electrons. The Morgan fingerprint density at radius 2 is 1.64 bits per heavy atom. The molecule has 4 rings (SSSR count). The van der Waals surface area contributed by atoms with Gasteiger partial charge in [0.2, 0.25) is 10.0 Å². The smallest absolute Gasteiger partial charge is 0.251 e. The Morgan fingerprint density at radius 1 is 0.929 bits per heavy atom. The molecular formula is C22H26N2O3S. The van der Waals surface area contributed by atoms with Gasteiger partial charge in [0.15, 0.2) is 0 Å². The largest absolute Gasteiger partial charge is 0.345 e. The van der Waals surface area contributed by atoms with Crippen LogP contribution in [0.3, 0.4) is 0 Å². The minimum atomic E-state index is -3.47. The van der Waals surface area contributed by atoms with Gasteiger partial charge in [-0.15, -0.1) is 0 Å². The number of hydrogen-bond donors (Lipinski definition) is 1. The molecule has 0 spiro atoms. The first-order valence-electron chi connectivity index (χ1n) is 10.0. The van der Waals surface area contributed by atoms with Crippen molar-refractivity contribution in [1.29, 1.82) is 0 Å². The summed E-state index contributed by atoms with van der Waals surface area (Å²) in [4.78, 5) is 13.0. The molecule has 2 aromatic carbocycles. The number of fused-ring (bicyclic) bond motifs is 1. The van der Waals surface area contributed by atoms with E-state index < -0.39 is 10.0 Å². The van der Waals surface area contributed by atoms with Gasteiger partial charge in [-0.05, 0) is 67.5 Å². The number of amides is 1. The van der Waals surface area contributed by atoms with E-state index in [-0.39, 0.29) is 16.8 Å². The van der Waals surface area contributed by atoms with Crippen LogP contribution in [-0.2, 0) is 16.4 Å². The van der Waals surface area contributed by atoms with E-state index in [0.29, 0.717) is 18.7 Å². The number of nitrogens with zero attached hydrogens (tertiary/aromatic N) is 1. The second-order valence-corrected chi connectivity index (χ2v) is 9.54. The highest BCUT2D eigenvalue weighted by atomic mass is 32.2. The highest BCUT2D eigenvalue weighted by Gasteiger charge is 2.26. The second kappa shape index (κ2) is 8.05. The molecule has 2 aliphatic rings. The molecule has 1 fully saturated rings. The summed E-state index contributed by atoms with van der Waals surface area (Å²) < 4.78 is 27.0. The van der Waals surface area contributed by atoms with E-state index in [9.17, 15) is 13.2 Å². The van der Waals surface area contributed by atoms with Crippen molar-refractivity contribution in [1.82, 2.24) is 9.62 Å². The number of nitrogens with one attached hydrogen (secondary N) is 1. The summed E-state index contributed by atoms with van der Waals surface area (Å²) in [6.45, 7) is 1.15. The lowest BCUT2D eigenvalue weighted by molar-refractivity contribution is 0.0932. The van der Waals surface area contributed by atoms with Gasteiger partial charge >= 0.3 is 0 Å². The summed E-state index contributed by atoms with van der Waals surface area (Å²) in [6, 6.07) is 14.6. The predicted octanol–water partition coefficient (Wildman–Crippen LogP) is 3.67. The zero-order valence-corrected chi connectivity index (χ0v) is 16.7. The van der Waals surface area contributed by atoms with Gasteiger partial charge in [-0.1, -0.05) is 30.7 Å². The van der Waals surface area contributed by atoms with Crippen molar-refractivity contribution >= 4 is 15.9 Å². The standard InChI is InChI=1S/C22H26N2O3S/c25-22(23-21-10-6-8-17-7-2-3-9-20(17)21)18-11-13-19(14-12-18)28(26,27)24-15-4-1-5-16-24/h2-3,7,9,11-14,21H,1,4-6,8,10,15-16H2,(H,23,25)/t21-/m1/s1. The molecule has 1 heterocycles. The van der Waals surface area contributed by atoms with Gasteiger partial charge in [0.1, 0.15) is 0 Å². The summed E-state index contributed by atoms with van der Waals surface area (Å²) in [5.74, 6) is -0.163. The Kier molecular flexibility index (Phi) is 5.51. The van der Waals surface area contributed by atoms with Gasteiger partial charge in [-0.2, -0.15) is 4.31 Å². The Balaban J connectivity index is 1.48. The molecule has 1 amide bonds. The molecule has 0 bridgehead atoms. The lowest BCUT2D eigenvalue weighted by Gasteiger charge is -2.27. The van der Waals surface area contributed by atoms with Crippen molar-refractivity contribution in [3.8, 4) is 0 Å². The van der Waals surface area contributed by atoms with E-state index in [1.807, 2.05) is 12.1 Å². The number of aryl methyl sites for hydroxylation is 1. The van der Waals surface area contributed by atoms with E-state index in [1.165, 1.54) is 11.1 Å². The quantitative estimate of drug-likeness (QED) is 0.855. The molecule has 0 unspecified atom stereocenters. The molecule has 0 saturated carbocycles. The molecule has 1 saturated heterocycles. The van der Waals surface area contributed by atoms with Crippen LogP contribution in [-0.4, -0.2) is 31.7 Å². The first kappa shape index (κ1) is 19.2. The number of benzene rings is 2. The molecule has 1 N–H and O–H groups in total. The maximum absolute atomic E-state index is 12.7. The van der Waals surface area contributed by atoms with E-state index >= 15 is 0 Å². The topological polar surface area (TPSA) is 66.5 Å². The van der Waals surface area contributed by atoms with Crippen molar-refractivity contribution < 1.29 is 13.2 Å². The Hall–Kier alpha value is -2.18. The van der Waals surface area contributed by atoms with Crippen molar-refractivity contribution in [2.75, 3.05) is 13.1 Å². The molecule has 28 heavy (non-hydrogen) atoms. The zero-order chi connectivity index (χ0) is 19.6. The molecule has 2 aromatic rings. The summed E-state index contributed by atoms with van der Waals surface area (Å²) in [5, 5.41) is 3.11. The number of carbonyl (C=O) groups is 1. The average molecular weight is 399 g/mol.